The maximum absolute atomic E-state index is 13.5. The first-order valence-corrected chi connectivity index (χ1v) is 15.4. The van der Waals surface area contributed by atoms with Crippen LogP contribution in [0.15, 0.2) is 64.2 Å². The molecule has 17 heteroatoms. The van der Waals surface area contributed by atoms with Crippen LogP contribution in [-0.2, 0) is 33.5 Å². The summed E-state index contributed by atoms with van der Waals surface area (Å²) < 4.78 is 4.93. The van der Waals surface area contributed by atoms with Gasteiger partial charge in [0.05, 0.1) is 19.3 Å². The Hall–Kier alpha value is -5.03. The number of benzene rings is 1. The van der Waals surface area contributed by atoms with Crippen molar-refractivity contribution in [1.82, 2.24) is 25.4 Å². The molecule has 4 heterocycles. The van der Waals surface area contributed by atoms with Crippen molar-refractivity contribution in [2.45, 2.75) is 24.4 Å². The molecule has 1 aromatic carbocycles. The fourth-order valence-electron chi connectivity index (χ4n) is 4.75. The van der Waals surface area contributed by atoms with Crippen LogP contribution < -0.4 is 10.6 Å². The van der Waals surface area contributed by atoms with Crippen molar-refractivity contribution in [2.75, 3.05) is 25.4 Å². The zero-order valence-corrected chi connectivity index (χ0v) is 25.2. The van der Waals surface area contributed by atoms with E-state index in [1.54, 1.807) is 41.8 Å². The van der Waals surface area contributed by atoms with E-state index in [1.165, 1.54) is 24.9 Å². The van der Waals surface area contributed by atoms with E-state index in [-0.39, 0.29) is 36.7 Å². The number of amides is 6. The van der Waals surface area contributed by atoms with Gasteiger partial charge in [-0.25, -0.2) is 14.6 Å². The van der Waals surface area contributed by atoms with Crippen LogP contribution in [0.25, 0.3) is 0 Å². The van der Waals surface area contributed by atoms with E-state index < -0.39 is 59.1 Å². The first-order chi connectivity index (χ1) is 21.6. The van der Waals surface area contributed by atoms with Crippen molar-refractivity contribution < 1.29 is 43.4 Å². The first kappa shape index (κ1) is 31.4. The average molecular weight is 655 g/mol. The molecule has 3 aliphatic rings. The fraction of sp³-hybridized carbons (Fsp3) is 0.286. The Morgan fingerprint density at radius 2 is 1.84 bits per heavy atom. The van der Waals surface area contributed by atoms with Crippen LogP contribution in [0.5, 0.6) is 0 Å². The van der Waals surface area contributed by atoms with E-state index >= 15 is 0 Å². The Bertz CT molecular complexity index is 1610. The third kappa shape index (κ3) is 6.58. The predicted octanol–water partition coefficient (Wildman–Crippen LogP) is 0.505. The number of ether oxygens (including phenoxy) is 1. The SMILES string of the molecule is CC(=O)OCC1=C(C(=O)O)N2C(=O)[C@@H](NC(=O)C(NC(=O)N3CCN(N=Cc4ccccc4)C(=O)C3=O)c3cccs3)C2SC1. The number of thiophene rings is 1. The Morgan fingerprint density at radius 1 is 1.09 bits per heavy atom. The van der Waals surface area contributed by atoms with Gasteiger partial charge >= 0.3 is 29.8 Å². The van der Waals surface area contributed by atoms with E-state index in [1.807, 2.05) is 6.07 Å². The highest BCUT2D eigenvalue weighted by Gasteiger charge is 2.54. The first-order valence-electron chi connectivity index (χ1n) is 13.5. The number of fused-ring (bicyclic) bond motifs is 1. The van der Waals surface area contributed by atoms with Gasteiger partial charge in [-0.1, -0.05) is 36.4 Å². The van der Waals surface area contributed by atoms with Crippen molar-refractivity contribution in [3.63, 3.8) is 0 Å². The molecule has 2 aromatic rings. The maximum Gasteiger partial charge on any atom is 0.352 e. The quantitative estimate of drug-likeness (QED) is 0.148. The fourth-order valence-corrected chi connectivity index (χ4v) is 6.85. The van der Waals surface area contributed by atoms with Gasteiger partial charge in [0, 0.05) is 23.1 Å². The van der Waals surface area contributed by atoms with Crippen molar-refractivity contribution in [3.05, 3.63) is 69.6 Å². The van der Waals surface area contributed by atoms with Crippen LogP contribution in [0.2, 0.25) is 0 Å². The number of imide groups is 1. The largest absolute Gasteiger partial charge is 0.477 e. The number of esters is 1. The molecule has 234 valence electrons. The summed E-state index contributed by atoms with van der Waals surface area (Å²) in [6.07, 6.45) is 1.42. The normalized spacial score (nSPS) is 20.5. The summed E-state index contributed by atoms with van der Waals surface area (Å²) in [5, 5.41) is 20.8. The van der Waals surface area contributed by atoms with E-state index in [9.17, 15) is 38.7 Å². The van der Waals surface area contributed by atoms with Gasteiger partial charge in [-0.05, 0) is 17.0 Å². The summed E-state index contributed by atoms with van der Waals surface area (Å²) in [4.78, 5) is 90.6. The van der Waals surface area contributed by atoms with Gasteiger partial charge in [0.25, 0.3) is 5.91 Å². The number of carboxylic acids is 1. The molecule has 0 radical (unpaired) electrons. The van der Waals surface area contributed by atoms with Crippen LogP contribution in [0.4, 0.5) is 4.79 Å². The van der Waals surface area contributed by atoms with E-state index in [4.69, 9.17) is 4.74 Å². The number of nitrogens with zero attached hydrogens (tertiary/aromatic N) is 4. The smallest absolute Gasteiger partial charge is 0.352 e. The Morgan fingerprint density at radius 3 is 2.51 bits per heavy atom. The second-order valence-electron chi connectivity index (χ2n) is 9.87. The lowest BCUT2D eigenvalue weighted by Crippen LogP contribution is -2.71. The molecule has 15 nitrogen and oxygen atoms in total. The molecule has 1 aromatic heterocycles. The van der Waals surface area contributed by atoms with Gasteiger partial charge in [-0.15, -0.1) is 23.1 Å². The number of hydrazone groups is 1. The van der Waals surface area contributed by atoms with Crippen molar-refractivity contribution in [2.24, 2.45) is 5.10 Å². The number of thioether (sulfide) groups is 1. The summed E-state index contributed by atoms with van der Waals surface area (Å²) in [7, 11) is 0. The highest BCUT2D eigenvalue weighted by Crippen LogP contribution is 2.40. The van der Waals surface area contributed by atoms with Crippen LogP contribution in [-0.4, -0.2) is 105 Å². The number of carbonyl (C=O) groups excluding carboxylic acids is 6. The molecular weight excluding hydrogens is 628 g/mol. The molecule has 2 saturated heterocycles. The third-order valence-electron chi connectivity index (χ3n) is 6.94. The summed E-state index contributed by atoms with van der Waals surface area (Å²) in [6.45, 7) is 0.634. The lowest BCUT2D eigenvalue weighted by molar-refractivity contribution is -0.153. The maximum atomic E-state index is 13.5. The third-order valence-corrected chi connectivity index (χ3v) is 9.22. The van der Waals surface area contributed by atoms with Gasteiger partial charge in [-0.3, -0.25) is 33.8 Å². The number of β-lactam (4-membered cyclic amide) rings is 1. The Kier molecular flexibility index (Phi) is 9.29. The minimum Gasteiger partial charge on any atom is -0.477 e. The van der Waals surface area contributed by atoms with E-state index in [0.717, 1.165) is 21.2 Å². The van der Waals surface area contributed by atoms with Gasteiger partial charge in [0.15, 0.2) is 0 Å². The van der Waals surface area contributed by atoms with Crippen LogP contribution >= 0.6 is 23.1 Å². The molecule has 45 heavy (non-hydrogen) atoms. The molecule has 5 rings (SSSR count). The highest BCUT2D eigenvalue weighted by molar-refractivity contribution is 8.00. The predicted molar refractivity (Wildman–Crippen MR) is 159 cm³/mol. The summed E-state index contributed by atoms with van der Waals surface area (Å²) >= 11 is 2.33. The van der Waals surface area contributed by atoms with Crippen LogP contribution in [0.3, 0.4) is 0 Å². The number of carboxylic acid groups (broad SMARTS) is 1. The second kappa shape index (κ2) is 13.3. The monoisotopic (exact) mass is 654 g/mol. The molecule has 2 unspecified atom stereocenters. The van der Waals surface area contributed by atoms with Gasteiger partial charge in [0.1, 0.15) is 29.8 Å². The highest BCUT2D eigenvalue weighted by atomic mass is 32.2. The standard InChI is InChI=1S/C28H26N6O9S2/c1-15(35)43-13-17-14-45-26-20(23(37)34(26)21(17)27(40)41)30-22(36)19(18-8-5-11-44-18)31-28(42)32-9-10-33(25(39)24(32)38)29-12-16-6-3-2-4-7-16/h2-8,11-12,19-20,26H,9-10,13-14H2,1H3,(H,30,36)(H,31,42)(H,40,41)/t19?,20-,26?/m1/s1. The molecule has 0 spiro atoms. The topological polar surface area (TPSA) is 195 Å². The molecule has 0 saturated carbocycles. The molecular formula is C28H26N6O9S2. The zero-order chi connectivity index (χ0) is 32.2. The summed E-state index contributed by atoms with van der Waals surface area (Å²) in [6, 6.07) is 8.71. The summed E-state index contributed by atoms with van der Waals surface area (Å²) in [5.41, 5.74) is 0.639. The Labute approximate surface area is 263 Å². The molecule has 0 bridgehead atoms. The van der Waals surface area contributed by atoms with Crippen LogP contribution in [0.1, 0.15) is 23.4 Å². The number of aliphatic carboxylic acids is 1. The van der Waals surface area contributed by atoms with E-state index in [0.29, 0.717) is 15.3 Å². The van der Waals surface area contributed by atoms with Gasteiger partial charge in [-0.2, -0.15) is 5.10 Å². The minimum atomic E-state index is -1.38. The molecule has 3 aliphatic heterocycles. The second-order valence-corrected chi connectivity index (χ2v) is 12.0. The number of hydrogen-bond donors (Lipinski definition) is 3. The number of piperazine rings is 1. The number of carbonyl (C=O) groups is 7. The lowest BCUT2D eigenvalue weighted by atomic mass is 10.0. The Balaban J connectivity index is 1.25. The molecule has 3 atom stereocenters. The number of urea groups is 1. The molecule has 6 amide bonds. The minimum absolute atomic E-state index is 0.0681. The van der Waals surface area contributed by atoms with E-state index in [2.05, 4.69) is 15.7 Å². The van der Waals surface area contributed by atoms with Crippen molar-refractivity contribution in [1.29, 1.82) is 0 Å². The molecule has 3 N–H and O–H groups in total. The molecule has 2 fully saturated rings. The lowest BCUT2D eigenvalue weighted by Gasteiger charge is -2.49. The number of nitrogens with one attached hydrogen (secondary N) is 2. The summed E-state index contributed by atoms with van der Waals surface area (Å²) in [5.74, 6) is -5.47. The van der Waals surface area contributed by atoms with Crippen LogP contribution in [0, 0.1) is 0 Å². The average Bonchev–Trinajstić information content (AvgIpc) is 3.56. The van der Waals surface area contributed by atoms with Gasteiger partial charge in [0.2, 0.25) is 5.91 Å². The zero-order valence-electron chi connectivity index (χ0n) is 23.6. The van der Waals surface area contributed by atoms with Crippen molar-refractivity contribution >= 4 is 70.9 Å². The van der Waals surface area contributed by atoms with Gasteiger partial charge < -0.3 is 20.5 Å². The molecule has 0 aliphatic carbocycles. The number of rotatable bonds is 9. The number of hydrogen-bond acceptors (Lipinski definition) is 11. The van der Waals surface area contributed by atoms with Crippen molar-refractivity contribution in [3.8, 4) is 0 Å².